The molecule has 1 amide bonds. The maximum Gasteiger partial charge on any atom is 0.253 e. The van der Waals surface area contributed by atoms with Crippen LogP contribution in [0, 0.1) is 0 Å². The molecule has 1 unspecified atom stereocenters. The van der Waals surface area contributed by atoms with Crippen molar-refractivity contribution in [2.75, 3.05) is 26.0 Å². The summed E-state index contributed by atoms with van der Waals surface area (Å²) in [5, 5.41) is 16.5. The fourth-order valence-electron chi connectivity index (χ4n) is 3.48. The number of benzene rings is 2. The summed E-state index contributed by atoms with van der Waals surface area (Å²) in [6.45, 7) is 0.695. The minimum absolute atomic E-state index is 0.187. The third-order valence-corrected chi connectivity index (χ3v) is 4.62. The molecule has 0 fully saturated rings. The van der Waals surface area contributed by atoms with Crippen LogP contribution >= 0.6 is 0 Å². The maximum atomic E-state index is 12.5. The highest BCUT2D eigenvalue weighted by molar-refractivity contribution is 6.15. The van der Waals surface area contributed by atoms with Crippen LogP contribution in [0.4, 0.5) is 5.69 Å². The Morgan fingerprint density at radius 2 is 1.85 bits per heavy atom. The smallest absolute Gasteiger partial charge is 0.253 e. The van der Waals surface area contributed by atoms with Crippen molar-refractivity contribution in [3.63, 3.8) is 0 Å². The zero-order chi connectivity index (χ0) is 18.3. The standard InChI is InChI=1S/C20H22N4O2/c1-24(2)10-12-6-8-13(9-7-12)18-19-17-14(4-3-5-15(17)21-18)20(26)23-16(11-25)22-19/h3-9,16,21-22,25H,10-11H2,1-2H3,(H,23,26). The Morgan fingerprint density at radius 3 is 2.54 bits per heavy atom. The molecule has 1 aromatic heterocycles. The highest BCUT2D eigenvalue weighted by Crippen LogP contribution is 2.38. The predicted molar refractivity (Wildman–Crippen MR) is 103 cm³/mol. The second kappa shape index (κ2) is 6.48. The number of nitrogens with one attached hydrogen (secondary N) is 3. The first kappa shape index (κ1) is 16.6. The van der Waals surface area contributed by atoms with E-state index in [1.807, 2.05) is 26.2 Å². The average Bonchev–Trinajstić information content (AvgIpc) is 2.92. The lowest BCUT2D eigenvalue weighted by atomic mass is 10.0. The molecule has 2 heterocycles. The monoisotopic (exact) mass is 350 g/mol. The number of anilines is 1. The predicted octanol–water partition coefficient (Wildman–Crippen LogP) is 2.37. The van der Waals surface area contributed by atoms with Crippen molar-refractivity contribution in [2.45, 2.75) is 12.7 Å². The molecule has 3 aromatic rings. The first-order valence-corrected chi connectivity index (χ1v) is 8.64. The van der Waals surface area contributed by atoms with Crippen LogP contribution in [0.2, 0.25) is 0 Å². The molecular weight excluding hydrogens is 328 g/mol. The molecule has 6 heteroatoms. The largest absolute Gasteiger partial charge is 0.392 e. The molecule has 0 spiro atoms. The zero-order valence-electron chi connectivity index (χ0n) is 14.8. The molecule has 2 aromatic carbocycles. The topological polar surface area (TPSA) is 80.4 Å². The molecule has 4 rings (SSSR count). The molecule has 0 saturated carbocycles. The van der Waals surface area contributed by atoms with Gasteiger partial charge in [-0.05, 0) is 31.8 Å². The number of rotatable bonds is 4. The molecule has 1 atom stereocenters. The molecule has 0 radical (unpaired) electrons. The summed E-state index contributed by atoms with van der Waals surface area (Å²) in [5.74, 6) is -0.187. The SMILES string of the molecule is CN(C)Cc1ccc(-c2[nH]c3cccc4c3c2NC(CO)NC4=O)cc1. The summed E-state index contributed by atoms with van der Waals surface area (Å²) in [6.07, 6.45) is -0.527. The van der Waals surface area contributed by atoms with E-state index in [2.05, 4.69) is 44.8 Å². The molecular formula is C20H22N4O2. The van der Waals surface area contributed by atoms with Gasteiger partial charge in [-0.15, -0.1) is 0 Å². The van der Waals surface area contributed by atoms with Gasteiger partial charge in [0.25, 0.3) is 5.91 Å². The molecule has 0 bridgehead atoms. The first-order valence-electron chi connectivity index (χ1n) is 8.64. The van der Waals surface area contributed by atoms with E-state index in [1.54, 1.807) is 6.07 Å². The molecule has 0 aliphatic carbocycles. The molecule has 26 heavy (non-hydrogen) atoms. The van der Waals surface area contributed by atoms with Crippen LogP contribution in [0.1, 0.15) is 15.9 Å². The van der Waals surface area contributed by atoms with Gasteiger partial charge in [-0.1, -0.05) is 30.3 Å². The van der Waals surface area contributed by atoms with Crippen molar-refractivity contribution in [3.8, 4) is 11.3 Å². The van der Waals surface area contributed by atoms with E-state index in [9.17, 15) is 9.90 Å². The van der Waals surface area contributed by atoms with E-state index in [0.717, 1.165) is 34.4 Å². The summed E-state index contributed by atoms with van der Waals surface area (Å²) in [6, 6.07) is 14.0. The van der Waals surface area contributed by atoms with Crippen LogP contribution in [-0.4, -0.2) is 47.8 Å². The highest BCUT2D eigenvalue weighted by atomic mass is 16.3. The number of carbonyl (C=O) groups excluding carboxylic acids is 1. The van der Waals surface area contributed by atoms with Crippen molar-refractivity contribution < 1.29 is 9.90 Å². The Hall–Kier alpha value is -2.83. The summed E-state index contributed by atoms with van der Waals surface area (Å²) in [4.78, 5) is 18.0. The zero-order valence-corrected chi connectivity index (χ0v) is 14.8. The van der Waals surface area contributed by atoms with E-state index in [0.29, 0.717) is 5.56 Å². The summed E-state index contributed by atoms with van der Waals surface area (Å²) in [5.41, 5.74) is 5.52. The van der Waals surface area contributed by atoms with Crippen molar-refractivity contribution in [1.82, 2.24) is 15.2 Å². The Balaban J connectivity index is 1.85. The van der Waals surface area contributed by atoms with E-state index in [1.165, 1.54) is 5.56 Å². The average molecular weight is 350 g/mol. The van der Waals surface area contributed by atoms with E-state index in [4.69, 9.17) is 0 Å². The van der Waals surface area contributed by atoms with Crippen LogP contribution in [0.5, 0.6) is 0 Å². The van der Waals surface area contributed by atoms with Crippen LogP contribution in [0.25, 0.3) is 22.2 Å². The minimum Gasteiger partial charge on any atom is -0.392 e. The number of amides is 1. The number of aliphatic hydroxyl groups is 1. The molecule has 4 N–H and O–H groups in total. The second-order valence-corrected chi connectivity index (χ2v) is 6.89. The van der Waals surface area contributed by atoms with Gasteiger partial charge in [0.2, 0.25) is 0 Å². The Labute approximate surface area is 151 Å². The maximum absolute atomic E-state index is 12.5. The van der Waals surface area contributed by atoms with Gasteiger partial charge < -0.3 is 25.6 Å². The Kier molecular flexibility index (Phi) is 4.14. The fraction of sp³-hybridized carbons (Fsp3) is 0.250. The van der Waals surface area contributed by atoms with Gasteiger partial charge in [0.15, 0.2) is 0 Å². The van der Waals surface area contributed by atoms with Crippen LogP contribution in [0.3, 0.4) is 0 Å². The highest BCUT2D eigenvalue weighted by Gasteiger charge is 2.26. The van der Waals surface area contributed by atoms with Gasteiger partial charge in [-0.2, -0.15) is 0 Å². The van der Waals surface area contributed by atoms with Crippen LogP contribution in [-0.2, 0) is 6.54 Å². The van der Waals surface area contributed by atoms with Crippen molar-refractivity contribution in [1.29, 1.82) is 0 Å². The fourth-order valence-corrected chi connectivity index (χ4v) is 3.48. The number of carbonyl (C=O) groups is 1. The molecule has 134 valence electrons. The number of H-pyrrole nitrogens is 1. The second-order valence-electron chi connectivity index (χ2n) is 6.89. The van der Waals surface area contributed by atoms with Gasteiger partial charge in [0, 0.05) is 23.0 Å². The van der Waals surface area contributed by atoms with Crippen LogP contribution < -0.4 is 10.6 Å². The number of aromatic amines is 1. The molecule has 1 aliphatic heterocycles. The van der Waals surface area contributed by atoms with Crippen molar-refractivity contribution in [2.24, 2.45) is 0 Å². The number of aromatic nitrogens is 1. The molecule has 6 nitrogen and oxygen atoms in total. The summed E-state index contributed by atoms with van der Waals surface area (Å²) in [7, 11) is 4.09. The van der Waals surface area contributed by atoms with Gasteiger partial charge in [0.05, 0.1) is 23.6 Å². The van der Waals surface area contributed by atoms with Crippen molar-refractivity contribution >= 4 is 22.5 Å². The van der Waals surface area contributed by atoms with Gasteiger partial charge in [-0.3, -0.25) is 4.79 Å². The van der Waals surface area contributed by atoms with Crippen LogP contribution in [0.15, 0.2) is 42.5 Å². The van der Waals surface area contributed by atoms with Crippen molar-refractivity contribution in [3.05, 3.63) is 53.6 Å². The molecule has 0 saturated heterocycles. The lowest BCUT2D eigenvalue weighted by Gasteiger charge is -2.17. The van der Waals surface area contributed by atoms with Gasteiger partial charge in [-0.25, -0.2) is 0 Å². The number of aliphatic hydroxyl groups excluding tert-OH is 1. The lowest BCUT2D eigenvalue weighted by Crippen LogP contribution is -2.41. The summed E-state index contributed by atoms with van der Waals surface area (Å²) >= 11 is 0. The Bertz CT molecular complexity index is 960. The molecule has 1 aliphatic rings. The number of hydrogen-bond donors (Lipinski definition) is 4. The normalized spacial score (nSPS) is 16.5. The van der Waals surface area contributed by atoms with E-state index in [-0.39, 0.29) is 12.5 Å². The van der Waals surface area contributed by atoms with Gasteiger partial charge in [0.1, 0.15) is 6.17 Å². The summed E-state index contributed by atoms with van der Waals surface area (Å²) < 4.78 is 0. The Morgan fingerprint density at radius 1 is 1.08 bits per heavy atom. The number of hydrogen-bond acceptors (Lipinski definition) is 4. The number of nitrogens with zero attached hydrogens (tertiary/aromatic N) is 1. The third kappa shape index (κ3) is 2.83. The van der Waals surface area contributed by atoms with E-state index < -0.39 is 6.17 Å². The quantitative estimate of drug-likeness (QED) is 0.582. The van der Waals surface area contributed by atoms with Gasteiger partial charge >= 0.3 is 0 Å². The lowest BCUT2D eigenvalue weighted by molar-refractivity contribution is 0.0928. The first-order chi connectivity index (χ1) is 12.6. The minimum atomic E-state index is -0.527. The third-order valence-electron chi connectivity index (χ3n) is 4.62. The van der Waals surface area contributed by atoms with E-state index >= 15 is 0 Å².